The molecule has 0 saturated carbocycles. The predicted octanol–water partition coefficient (Wildman–Crippen LogP) is -0.652. The quantitative estimate of drug-likeness (QED) is 0.235. The first-order valence-electron chi connectivity index (χ1n) is 10.6. The van der Waals surface area contributed by atoms with Crippen LogP contribution in [-0.4, -0.2) is 121 Å². The average molecular weight is 523 g/mol. The minimum absolute atomic E-state index is 0.0298. The summed E-state index contributed by atoms with van der Waals surface area (Å²) in [6.45, 7) is 2.65. The fraction of sp³-hybridized carbons (Fsp3) is 0.632. The van der Waals surface area contributed by atoms with Crippen LogP contribution < -0.4 is 0 Å². The largest absolute Gasteiger partial charge is 0.300 e. The summed E-state index contributed by atoms with van der Waals surface area (Å²) in [5.74, 6) is 4.70. The van der Waals surface area contributed by atoms with Crippen molar-refractivity contribution in [2.45, 2.75) is 4.90 Å². The number of nitro benzene ring substituents is 1. The molecular formula is C19H30N4O7S3. The molecule has 2 heterocycles. The first-order valence-corrected chi connectivity index (χ1v) is 15.9. The standard InChI is InChI=1S/C19H30N4O7S3/c1-31(26)14-10-20(11-15-31)6-8-22(9-7-21-12-16-32(27,28)17-13-21)33(29,30)19-5-3-2-4-18(19)23(24)25/h2-5H,1,6-17H2. The molecular weight excluding hydrogens is 492 g/mol. The molecule has 3 rings (SSSR count). The van der Waals surface area contributed by atoms with Gasteiger partial charge in [0.15, 0.2) is 14.7 Å². The third-order valence-electron chi connectivity index (χ3n) is 6.01. The molecule has 186 valence electrons. The molecule has 0 amide bonds. The van der Waals surface area contributed by atoms with Crippen LogP contribution in [0.2, 0.25) is 0 Å². The van der Waals surface area contributed by atoms with Crippen LogP contribution in [-0.2, 0) is 29.4 Å². The molecule has 0 aromatic heterocycles. The zero-order valence-corrected chi connectivity index (χ0v) is 20.8. The predicted molar refractivity (Wildman–Crippen MR) is 128 cm³/mol. The molecule has 0 spiro atoms. The second kappa shape index (κ2) is 10.4. The van der Waals surface area contributed by atoms with Gasteiger partial charge in [-0.15, -0.1) is 0 Å². The molecule has 2 fully saturated rings. The Hall–Kier alpha value is -1.58. The van der Waals surface area contributed by atoms with Crippen molar-refractivity contribution in [1.82, 2.24) is 14.1 Å². The van der Waals surface area contributed by atoms with E-state index in [1.165, 1.54) is 22.5 Å². The fourth-order valence-electron chi connectivity index (χ4n) is 3.83. The highest BCUT2D eigenvalue weighted by atomic mass is 32.2. The van der Waals surface area contributed by atoms with Gasteiger partial charge in [-0.25, -0.2) is 16.8 Å². The highest BCUT2D eigenvalue weighted by Crippen LogP contribution is 2.26. The van der Waals surface area contributed by atoms with Crippen LogP contribution in [0, 0.1) is 10.1 Å². The lowest BCUT2D eigenvalue weighted by molar-refractivity contribution is -0.387. The van der Waals surface area contributed by atoms with Gasteiger partial charge in [0.1, 0.15) is 0 Å². The van der Waals surface area contributed by atoms with Gasteiger partial charge in [-0.3, -0.25) is 14.3 Å². The summed E-state index contributed by atoms with van der Waals surface area (Å²) in [6.07, 6.45) is 0. The van der Waals surface area contributed by atoms with Gasteiger partial charge in [0, 0.05) is 69.9 Å². The molecule has 14 heteroatoms. The van der Waals surface area contributed by atoms with E-state index in [0.29, 0.717) is 50.8 Å². The SMILES string of the molecule is C=S1(=O)CCN(CCN(CCN2CCS(=O)(=O)CC2)S(=O)(=O)c2ccccc2[N+](=O)[O-])CC1. The summed E-state index contributed by atoms with van der Waals surface area (Å²) >= 11 is 0. The first kappa shape index (κ1) is 26.0. The Labute approximate surface area is 195 Å². The van der Waals surface area contributed by atoms with Crippen molar-refractivity contribution in [3.8, 4) is 0 Å². The fourth-order valence-corrected chi connectivity index (χ4v) is 8.07. The van der Waals surface area contributed by atoms with Crippen LogP contribution in [0.1, 0.15) is 0 Å². The zero-order chi connectivity index (χ0) is 24.3. The summed E-state index contributed by atoms with van der Waals surface area (Å²) in [4.78, 5) is 14.3. The van der Waals surface area contributed by atoms with E-state index in [1.807, 2.05) is 9.80 Å². The van der Waals surface area contributed by atoms with E-state index in [2.05, 4.69) is 5.87 Å². The molecule has 0 bridgehead atoms. The van der Waals surface area contributed by atoms with Crippen LogP contribution in [0.15, 0.2) is 29.2 Å². The van der Waals surface area contributed by atoms with Crippen molar-refractivity contribution in [3.05, 3.63) is 34.4 Å². The molecule has 2 saturated heterocycles. The van der Waals surface area contributed by atoms with Gasteiger partial charge in [-0.2, -0.15) is 4.31 Å². The smallest absolute Gasteiger partial charge is 0.289 e. The van der Waals surface area contributed by atoms with Gasteiger partial charge in [0.05, 0.1) is 16.4 Å². The van der Waals surface area contributed by atoms with Crippen molar-refractivity contribution in [3.63, 3.8) is 0 Å². The van der Waals surface area contributed by atoms with Crippen LogP contribution in [0.4, 0.5) is 5.69 Å². The Morgan fingerprint density at radius 3 is 1.94 bits per heavy atom. The Kier molecular flexibility index (Phi) is 8.17. The molecule has 0 N–H and O–H groups in total. The summed E-state index contributed by atoms with van der Waals surface area (Å²) in [5, 5.41) is 11.4. The maximum absolute atomic E-state index is 13.4. The number of hydrogen-bond acceptors (Lipinski definition) is 9. The minimum atomic E-state index is -4.17. The van der Waals surface area contributed by atoms with E-state index >= 15 is 0 Å². The third kappa shape index (κ3) is 6.96. The van der Waals surface area contributed by atoms with Crippen molar-refractivity contribution in [2.24, 2.45) is 0 Å². The topological polar surface area (TPSA) is 138 Å². The Balaban J connectivity index is 1.76. The van der Waals surface area contributed by atoms with Gasteiger partial charge in [-0.1, -0.05) is 12.1 Å². The maximum atomic E-state index is 13.4. The molecule has 2 aliphatic rings. The maximum Gasteiger partial charge on any atom is 0.289 e. The number of benzene rings is 1. The molecule has 1 aromatic carbocycles. The van der Waals surface area contributed by atoms with Crippen molar-refractivity contribution in [1.29, 1.82) is 0 Å². The molecule has 33 heavy (non-hydrogen) atoms. The molecule has 0 aliphatic carbocycles. The number of sulfonamides is 1. The highest BCUT2D eigenvalue weighted by Gasteiger charge is 2.32. The summed E-state index contributed by atoms with van der Waals surface area (Å²) in [6, 6.07) is 5.26. The van der Waals surface area contributed by atoms with Crippen LogP contribution in [0.25, 0.3) is 0 Å². The molecule has 2 aliphatic heterocycles. The zero-order valence-electron chi connectivity index (χ0n) is 18.4. The van der Waals surface area contributed by atoms with Crippen LogP contribution in [0.5, 0.6) is 0 Å². The van der Waals surface area contributed by atoms with Crippen molar-refractivity contribution >= 4 is 40.9 Å². The number of nitrogens with zero attached hydrogens (tertiary/aromatic N) is 4. The number of sulfone groups is 1. The van der Waals surface area contributed by atoms with E-state index in [-0.39, 0.29) is 29.5 Å². The molecule has 1 aromatic rings. The van der Waals surface area contributed by atoms with Crippen LogP contribution >= 0.6 is 0 Å². The first-order chi connectivity index (χ1) is 15.4. The van der Waals surface area contributed by atoms with E-state index < -0.39 is 40.0 Å². The second-order valence-electron chi connectivity index (χ2n) is 8.34. The second-order valence-corrected chi connectivity index (χ2v) is 15.3. The number of nitro groups is 1. The lowest BCUT2D eigenvalue weighted by Crippen LogP contribution is -2.48. The number of hydrogen-bond donors (Lipinski definition) is 0. The van der Waals surface area contributed by atoms with E-state index in [4.69, 9.17) is 0 Å². The highest BCUT2D eigenvalue weighted by molar-refractivity contribution is 8.00. The van der Waals surface area contributed by atoms with Crippen LogP contribution in [0.3, 0.4) is 0 Å². The monoisotopic (exact) mass is 522 g/mol. The summed E-state index contributed by atoms with van der Waals surface area (Å²) in [5.41, 5.74) is -0.485. The Bertz CT molecular complexity index is 1110. The lowest BCUT2D eigenvalue weighted by atomic mass is 10.3. The van der Waals surface area contributed by atoms with Gasteiger partial charge in [-0.05, 0) is 21.5 Å². The van der Waals surface area contributed by atoms with Gasteiger partial charge in [0.25, 0.3) is 5.69 Å². The van der Waals surface area contributed by atoms with Crippen molar-refractivity contribution < 1.29 is 26.0 Å². The normalized spacial score (nSPS) is 21.7. The van der Waals surface area contributed by atoms with Gasteiger partial charge < -0.3 is 9.80 Å². The van der Waals surface area contributed by atoms with E-state index in [1.54, 1.807) is 0 Å². The molecule has 0 unspecified atom stereocenters. The van der Waals surface area contributed by atoms with Crippen molar-refractivity contribution in [2.75, 3.05) is 75.4 Å². The van der Waals surface area contributed by atoms with Gasteiger partial charge >= 0.3 is 0 Å². The number of rotatable bonds is 9. The minimum Gasteiger partial charge on any atom is -0.300 e. The molecule has 0 radical (unpaired) electrons. The van der Waals surface area contributed by atoms with E-state index in [0.717, 1.165) is 6.07 Å². The average Bonchev–Trinajstić information content (AvgIpc) is 2.75. The Morgan fingerprint density at radius 1 is 0.939 bits per heavy atom. The summed E-state index contributed by atoms with van der Waals surface area (Å²) < 4.78 is 63.6. The number of para-hydroxylation sites is 1. The molecule has 0 atom stereocenters. The summed E-state index contributed by atoms with van der Waals surface area (Å²) in [7, 11) is -9.31. The third-order valence-corrected chi connectivity index (χ3v) is 11.4. The molecule has 11 nitrogen and oxygen atoms in total. The Morgan fingerprint density at radius 2 is 1.42 bits per heavy atom. The van der Waals surface area contributed by atoms with E-state index in [9.17, 15) is 31.2 Å². The van der Waals surface area contributed by atoms with Gasteiger partial charge in [0.2, 0.25) is 10.0 Å². The lowest BCUT2D eigenvalue weighted by Gasteiger charge is -2.32.